The van der Waals surface area contributed by atoms with E-state index in [0.717, 1.165) is 46.8 Å². The molecule has 1 aromatic heterocycles. The van der Waals surface area contributed by atoms with Gasteiger partial charge in [-0.1, -0.05) is 12.1 Å². The van der Waals surface area contributed by atoms with Gasteiger partial charge in [-0.3, -0.25) is 4.79 Å². The maximum absolute atomic E-state index is 13.4. The number of hydrogen-bond donors (Lipinski definition) is 1. The number of carbonyl (C=O) groups excluding carboxylic acids is 1. The molecule has 39 heavy (non-hydrogen) atoms. The molecule has 1 fully saturated rings. The third-order valence-corrected chi connectivity index (χ3v) is 7.83. The zero-order valence-electron chi connectivity index (χ0n) is 19.7. The summed E-state index contributed by atoms with van der Waals surface area (Å²) in [5.74, 6) is -3.00. The largest absolute Gasteiger partial charge is 0.451 e. The third-order valence-electron chi connectivity index (χ3n) is 5.91. The Balaban J connectivity index is 1.55. The molecule has 3 aromatic rings. The first-order chi connectivity index (χ1) is 18.2. The van der Waals surface area contributed by atoms with Crippen molar-refractivity contribution in [3.05, 3.63) is 77.5 Å². The average molecular weight is 576 g/mol. The van der Waals surface area contributed by atoms with Crippen LogP contribution in [0.4, 0.5) is 30.7 Å². The number of rotatable bonds is 6. The maximum Gasteiger partial charge on any atom is 0.451 e. The van der Waals surface area contributed by atoms with E-state index in [4.69, 9.17) is 0 Å². The lowest BCUT2D eigenvalue weighted by molar-refractivity contribution is -0.145. The summed E-state index contributed by atoms with van der Waals surface area (Å²) in [7, 11) is -4.16. The summed E-state index contributed by atoms with van der Waals surface area (Å²) in [5, 5.41) is 2.38. The zero-order valence-corrected chi connectivity index (χ0v) is 20.5. The number of aromatic nitrogens is 2. The zero-order chi connectivity index (χ0) is 28.6. The molecule has 1 atom stereocenters. The topological polar surface area (TPSA) is 92.3 Å². The molecule has 4 rings (SSSR count). The standard InChI is InChI=1S/C24H19F7N4O3S/c25-16-7-9-18(10-8-16)39(37,38)35-11-1-2-20(35)21(36)32-13-17-12-19(34-22(33-17)24(29,30)31)14-3-5-15(6-4-14)23(26,27)28/h3-10,12,20H,1-2,11,13H2,(H,32,36). The summed E-state index contributed by atoms with van der Waals surface area (Å²) in [6, 6.07) is 7.26. The minimum Gasteiger partial charge on any atom is -0.349 e. The molecule has 1 aliphatic rings. The predicted molar refractivity (Wildman–Crippen MR) is 123 cm³/mol. The molecule has 0 spiro atoms. The Morgan fingerprint density at radius 2 is 1.59 bits per heavy atom. The minimum absolute atomic E-state index is 0.00158. The van der Waals surface area contributed by atoms with E-state index in [2.05, 4.69) is 15.3 Å². The SMILES string of the molecule is O=C(NCc1cc(-c2ccc(C(F)(F)F)cc2)nc(C(F)(F)F)n1)C1CCCN1S(=O)(=O)c1ccc(F)cc1. The Morgan fingerprint density at radius 3 is 2.18 bits per heavy atom. The Bertz CT molecular complexity index is 1460. The molecule has 2 heterocycles. The van der Waals surface area contributed by atoms with Crippen LogP contribution >= 0.6 is 0 Å². The van der Waals surface area contributed by atoms with E-state index < -0.39 is 58.1 Å². The van der Waals surface area contributed by atoms with Crippen LogP contribution in [0.25, 0.3) is 11.3 Å². The Kier molecular flexibility index (Phi) is 7.67. The minimum atomic E-state index is -4.99. The van der Waals surface area contributed by atoms with Gasteiger partial charge in [0.1, 0.15) is 11.9 Å². The van der Waals surface area contributed by atoms with Crippen LogP contribution in [-0.2, 0) is 33.7 Å². The van der Waals surface area contributed by atoms with Gasteiger partial charge in [0.25, 0.3) is 0 Å². The summed E-state index contributed by atoms with van der Waals surface area (Å²) in [6.45, 7) is -0.541. The van der Waals surface area contributed by atoms with Crippen molar-refractivity contribution in [2.45, 2.75) is 42.7 Å². The molecule has 7 nitrogen and oxygen atoms in total. The lowest BCUT2D eigenvalue weighted by Gasteiger charge is -2.23. The Labute approximate surface area is 217 Å². The molecule has 0 saturated carbocycles. The van der Waals surface area contributed by atoms with Crippen LogP contribution in [0.3, 0.4) is 0 Å². The summed E-state index contributed by atoms with van der Waals surface area (Å²) in [5.41, 5.74) is -1.67. The smallest absolute Gasteiger partial charge is 0.349 e. The fraction of sp³-hybridized carbons (Fsp3) is 0.292. The quantitative estimate of drug-likeness (QED) is 0.426. The number of nitrogens with one attached hydrogen (secondary N) is 1. The highest BCUT2D eigenvalue weighted by molar-refractivity contribution is 7.89. The van der Waals surface area contributed by atoms with Gasteiger partial charge in [-0.15, -0.1) is 0 Å². The summed E-state index contributed by atoms with van der Waals surface area (Å²) < 4.78 is 119. The normalized spacial score (nSPS) is 16.8. The second-order valence-electron chi connectivity index (χ2n) is 8.59. The van der Waals surface area contributed by atoms with Crippen molar-refractivity contribution in [3.8, 4) is 11.3 Å². The highest BCUT2D eigenvalue weighted by Crippen LogP contribution is 2.32. The van der Waals surface area contributed by atoms with Gasteiger partial charge >= 0.3 is 12.4 Å². The molecule has 2 aromatic carbocycles. The van der Waals surface area contributed by atoms with E-state index in [1.165, 1.54) is 0 Å². The monoisotopic (exact) mass is 576 g/mol. The molecule has 0 radical (unpaired) electrons. The first-order valence-electron chi connectivity index (χ1n) is 11.3. The van der Waals surface area contributed by atoms with E-state index >= 15 is 0 Å². The highest BCUT2D eigenvalue weighted by atomic mass is 32.2. The van der Waals surface area contributed by atoms with E-state index in [9.17, 15) is 43.9 Å². The number of benzene rings is 2. The lowest BCUT2D eigenvalue weighted by atomic mass is 10.1. The van der Waals surface area contributed by atoms with Gasteiger partial charge in [0.05, 0.1) is 28.4 Å². The van der Waals surface area contributed by atoms with E-state index in [0.29, 0.717) is 18.6 Å². The summed E-state index contributed by atoms with van der Waals surface area (Å²) in [4.78, 5) is 19.5. The second-order valence-corrected chi connectivity index (χ2v) is 10.5. The van der Waals surface area contributed by atoms with Crippen molar-refractivity contribution in [3.63, 3.8) is 0 Å². The van der Waals surface area contributed by atoms with Gasteiger partial charge in [-0.25, -0.2) is 22.8 Å². The van der Waals surface area contributed by atoms with Crippen molar-refractivity contribution in [2.75, 3.05) is 6.54 Å². The number of nitrogens with zero attached hydrogens (tertiary/aromatic N) is 3. The van der Waals surface area contributed by atoms with E-state index in [-0.39, 0.29) is 34.8 Å². The number of sulfonamides is 1. The lowest BCUT2D eigenvalue weighted by Crippen LogP contribution is -2.45. The molecule has 1 aliphatic heterocycles. The molecule has 208 valence electrons. The molecular weight excluding hydrogens is 557 g/mol. The number of carbonyl (C=O) groups is 1. The van der Waals surface area contributed by atoms with Crippen LogP contribution in [0.1, 0.15) is 29.9 Å². The van der Waals surface area contributed by atoms with Crippen LogP contribution in [0, 0.1) is 5.82 Å². The van der Waals surface area contributed by atoms with Crippen molar-refractivity contribution in [1.82, 2.24) is 19.6 Å². The van der Waals surface area contributed by atoms with Gasteiger partial charge in [-0.2, -0.15) is 30.6 Å². The van der Waals surface area contributed by atoms with Crippen LogP contribution in [0.15, 0.2) is 59.5 Å². The van der Waals surface area contributed by atoms with Crippen molar-refractivity contribution in [1.29, 1.82) is 0 Å². The van der Waals surface area contributed by atoms with Crippen molar-refractivity contribution >= 4 is 15.9 Å². The van der Waals surface area contributed by atoms with Crippen LogP contribution in [0.2, 0.25) is 0 Å². The van der Waals surface area contributed by atoms with Crippen molar-refractivity contribution < 1.29 is 43.9 Å². The maximum atomic E-state index is 13.4. The third kappa shape index (κ3) is 6.36. The molecular formula is C24H19F7N4O3S. The predicted octanol–water partition coefficient (Wildman–Crippen LogP) is 4.79. The van der Waals surface area contributed by atoms with Gasteiger partial charge in [-0.05, 0) is 55.3 Å². The summed E-state index contributed by atoms with van der Waals surface area (Å²) >= 11 is 0. The molecule has 15 heteroatoms. The van der Waals surface area contributed by atoms with Gasteiger partial charge in [0, 0.05) is 12.1 Å². The Morgan fingerprint density at radius 1 is 0.949 bits per heavy atom. The fourth-order valence-electron chi connectivity index (χ4n) is 4.02. The first-order valence-corrected chi connectivity index (χ1v) is 12.8. The highest BCUT2D eigenvalue weighted by Gasteiger charge is 2.40. The van der Waals surface area contributed by atoms with Crippen LogP contribution in [-0.4, -0.2) is 41.2 Å². The molecule has 1 unspecified atom stereocenters. The van der Waals surface area contributed by atoms with Gasteiger partial charge in [0.15, 0.2) is 0 Å². The molecule has 1 N–H and O–H groups in total. The molecule has 1 amide bonds. The van der Waals surface area contributed by atoms with Crippen molar-refractivity contribution in [2.24, 2.45) is 0 Å². The molecule has 0 bridgehead atoms. The summed E-state index contributed by atoms with van der Waals surface area (Å²) in [6.07, 6.45) is -9.16. The second kappa shape index (κ2) is 10.5. The number of halogens is 7. The van der Waals surface area contributed by atoms with Crippen LogP contribution < -0.4 is 5.32 Å². The van der Waals surface area contributed by atoms with Gasteiger partial charge in [0.2, 0.25) is 21.8 Å². The Hall–Kier alpha value is -3.59. The van der Waals surface area contributed by atoms with E-state index in [1.807, 2.05) is 0 Å². The number of hydrogen-bond acceptors (Lipinski definition) is 5. The number of alkyl halides is 6. The van der Waals surface area contributed by atoms with Gasteiger partial charge < -0.3 is 5.32 Å². The fourth-order valence-corrected chi connectivity index (χ4v) is 5.68. The molecule has 1 saturated heterocycles. The first kappa shape index (κ1) is 28.4. The van der Waals surface area contributed by atoms with Crippen LogP contribution in [0.5, 0.6) is 0 Å². The van der Waals surface area contributed by atoms with E-state index in [1.54, 1.807) is 0 Å². The molecule has 0 aliphatic carbocycles. The average Bonchev–Trinajstić information content (AvgIpc) is 3.38. The number of amides is 1.